The van der Waals surface area contributed by atoms with Crippen molar-refractivity contribution in [2.24, 2.45) is 0 Å². The molecule has 2 rings (SSSR count). The first kappa shape index (κ1) is 17.6. The molecule has 0 saturated heterocycles. The lowest BCUT2D eigenvalue weighted by Gasteiger charge is -2.17. The lowest BCUT2D eigenvalue weighted by Crippen LogP contribution is -2.14. The van der Waals surface area contributed by atoms with Gasteiger partial charge in [-0.15, -0.1) is 0 Å². The summed E-state index contributed by atoms with van der Waals surface area (Å²) in [6.45, 7) is 7.01. The molecule has 0 aliphatic carbocycles. The fraction of sp³-hybridized carbons (Fsp3) is 0.333. The average Bonchev–Trinajstić information content (AvgIpc) is 2.58. The highest BCUT2D eigenvalue weighted by molar-refractivity contribution is 6.04. The van der Waals surface area contributed by atoms with E-state index in [2.05, 4.69) is 10.3 Å². The summed E-state index contributed by atoms with van der Waals surface area (Å²) in [5.41, 5.74) is 0.413. The van der Waals surface area contributed by atoms with Crippen molar-refractivity contribution >= 4 is 11.7 Å². The Morgan fingerprint density at radius 1 is 1.00 bits per heavy atom. The van der Waals surface area contributed by atoms with E-state index >= 15 is 0 Å². The Kier molecular flexibility index (Phi) is 6.42. The Hall–Kier alpha value is -2.76. The van der Waals surface area contributed by atoms with Gasteiger partial charge >= 0.3 is 0 Å². The zero-order valence-electron chi connectivity index (χ0n) is 14.2. The number of hydrogen-bond donors (Lipinski definition) is 1. The zero-order chi connectivity index (χ0) is 17.4. The van der Waals surface area contributed by atoms with E-state index in [0.717, 1.165) is 0 Å². The molecular weight excluding hydrogens is 308 g/mol. The topological polar surface area (TPSA) is 69.7 Å². The first-order chi connectivity index (χ1) is 11.7. The van der Waals surface area contributed by atoms with Gasteiger partial charge in [-0.2, -0.15) is 0 Å². The predicted octanol–water partition coefficient (Wildman–Crippen LogP) is 3.53. The molecule has 0 fully saturated rings. The second-order valence-electron chi connectivity index (χ2n) is 4.77. The van der Waals surface area contributed by atoms with Gasteiger partial charge in [0.2, 0.25) is 5.75 Å². The molecule has 24 heavy (non-hydrogen) atoms. The van der Waals surface area contributed by atoms with Gasteiger partial charge in [-0.25, -0.2) is 4.98 Å². The van der Waals surface area contributed by atoms with Crippen LogP contribution in [0.3, 0.4) is 0 Å². The smallest absolute Gasteiger partial charge is 0.257 e. The van der Waals surface area contributed by atoms with Crippen LogP contribution < -0.4 is 19.5 Å². The van der Waals surface area contributed by atoms with Crippen LogP contribution in [0.5, 0.6) is 17.2 Å². The molecule has 1 heterocycles. The summed E-state index contributed by atoms with van der Waals surface area (Å²) >= 11 is 0. The van der Waals surface area contributed by atoms with Crippen LogP contribution in [0, 0.1) is 0 Å². The van der Waals surface area contributed by atoms with E-state index in [-0.39, 0.29) is 5.91 Å². The largest absolute Gasteiger partial charge is 0.490 e. The molecule has 1 aromatic heterocycles. The van der Waals surface area contributed by atoms with Gasteiger partial charge in [0.1, 0.15) is 5.82 Å². The third-order valence-electron chi connectivity index (χ3n) is 3.08. The van der Waals surface area contributed by atoms with Gasteiger partial charge in [0.05, 0.1) is 19.8 Å². The molecule has 6 nitrogen and oxygen atoms in total. The Morgan fingerprint density at radius 2 is 1.62 bits per heavy atom. The van der Waals surface area contributed by atoms with E-state index in [9.17, 15) is 4.79 Å². The van der Waals surface area contributed by atoms with Crippen LogP contribution in [-0.2, 0) is 0 Å². The van der Waals surface area contributed by atoms with Crippen molar-refractivity contribution in [1.82, 2.24) is 4.98 Å². The number of hydrogen-bond acceptors (Lipinski definition) is 5. The van der Waals surface area contributed by atoms with Crippen molar-refractivity contribution in [2.45, 2.75) is 20.8 Å². The molecule has 6 heteroatoms. The molecule has 0 spiro atoms. The first-order valence-corrected chi connectivity index (χ1v) is 7.98. The van der Waals surface area contributed by atoms with Crippen molar-refractivity contribution in [2.75, 3.05) is 25.1 Å². The number of nitrogens with zero attached hydrogens (tertiary/aromatic N) is 1. The number of carbonyl (C=O) groups excluding carboxylic acids is 1. The molecule has 2 aromatic rings. The van der Waals surface area contributed by atoms with Gasteiger partial charge in [0.25, 0.3) is 5.91 Å². The van der Waals surface area contributed by atoms with Crippen molar-refractivity contribution in [3.8, 4) is 17.2 Å². The van der Waals surface area contributed by atoms with Gasteiger partial charge in [-0.3, -0.25) is 4.79 Å². The molecule has 0 bridgehead atoms. The molecule has 0 radical (unpaired) electrons. The second-order valence-corrected chi connectivity index (χ2v) is 4.77. The number of rotatable bonds is 8. The van der Waals surface area contributed by atoms with Crippen LogP contribution in [-0.4, -0.2) is 30.7 Å². The molecule has 128 valence electrons. The Morgan fingerprint density at radius 3 is 2.12 bits per heavy atom. The van der Waals surface area contributed by atoms with E-state index in [1.165, 1.54) is 0 Å². The van der Waals surface area contributed by atoms with Crippen LogP contribution in [0.15, 0.2) is 36.5 Å². The summed E-state index contributed by atoms with van der Waals surface area (Å²) in [5, 5.41) is 2.75. The maximum atomic E-state index is 12.5. The van der Waals surface area contributed by atoms with Crippen molar-refractivity contribution in [3.63, 3.8) is 0 Å². The van der Waals surface area contributed by atoms with E-state index in [1.807, 2.05) is 20.8 Å². The van der Waals surface area contributed by atoms with Crippen molar-refractivity contribution in [1.29, 1.82) is 0 Å². The summed E-state index contributed by atoms with van der Waals surface area (Å²) in [4.78, 5) is 16.6. The maximum absolute atomic E-state index is 12.5. The standard InChI is InChI=1S/C18H22N2O4/c1-4-22-14-11-13(12-15(23-5-2)17(14)24-6-3)18(21)20-16-9-7-8-10-19-16/h7-12H,4-6H2,1-3H3,(H,19,20,21). The first-order valence-electron chi connectivity index (χ1n) is 7.98. The summed E-state index contributed by atoms with van der Waals surface area (Å²) in [6.07, 6.45) is 1.62. The molecule has 0 atom stereocenters. The highest BCUT2D eigenvalue weighted by Crippen LogP contribution is 2.39. The Labute approximate surface area is 141 Å². The lowest BCUT2D eigenvalue weighted by atomic mass is 10.1. The fourth-order valence-corrected chi connectivity index (χ4v) is 2.14. The van der Waals surface area contributed by atoms with Crippen LogP contribution in [0.4, 0.5) is 5.82 Å². The average molecular weight is 330 g/mol. The van der Waals surface area contributed by atoms with Crippen molar-refractivity contribution in [3.05, 3.63) is 42.1 Å². The Balaban J connectivity index is 2.36. The maximum Gasteiger partial charge on any atom is 0.257 e. The second kappa shape index (κ2) is 8.76. The number of aromatic nitrogens is 1. The number of nitrogens with one attached hydrogen (secondary N) is 1. The number of carbonyl (C=O) groups is 1. The molecule has 0 unspecified atom stereocenters. The molecule has 0 aliphatic heterocycles. The van der Waals surface area contributed by atoms with Crippen molar-refractivity contribution < 1.29 is 19.0 Å². The van der Waals surface area contributed by atoms with Gasteiger partial charge in [0, 0.05) is 11.8 Å². The minimum absolute atomic E-state index is 0.293. The van der Waals surface area contributed by atoms with Crippen LogP contribution in [0.25, 0.3) is 0 Å². The SMILES string of the molecule is CCOc1cc(C(=O)Nc2ccccn2)cc(OCC)c1OCC. The lowest BCUT2D eigenvalue weighted by molar-refractivity contribution is 0.102. The molecule has 0 aliphatic rings. The molecule has 1 amide bonds. The summed E-state index contributed by atoms with van der Waals surface area (Å²) in [6, 6.07) is 8.61. The highest BCUT2D eigenvalue weighted by Gasteiger charge is 2.18. The third-order valence-corrected chi connectivity index (χ3v) is 3.08. The number of benzene rings is 1. The van der Waals surface area contributed by atoms with Crippen LogP contribution in [0.1, 0.15) is 31.1 Å². The van der Waals surface area contributed by atoms with Gasteiger partial charge < -0.3 is 19.5 Å². The monoisotopic (exact) mass is 330 g/mol. The predicted molar refractivity (Wildman–Crippen MR) is 92.1 cm³/mol. The third kappa shape index (κ3) is 4.38. The van der Waals surface area contributed by atoms with E-state index in [1.54, 1.807) is 36.5 Å². The molecular formula is C18H22N2O4. The molecule has 1 aromatic carbocycles. The van der Waals surface area contributed by atoms with Gasteiger partial charge in [-0.05, 0) is 45.0 Å². The zero-order valence-corrected chi connectivity index (χ0v) is 14.2. The summed E-state index contributed by atoms with van der Waals surface area (Å²) in [5.74, 6) is 1.66. The van der Waals surface area contributed by atoms with Crippen LogP contribution >= 0.6 is 0 Å². The van der Waals surface area contributed by atoms with Gasteiger partial charge in [0.15, 0.2) is 11.5 Å². The van der Waals surface area contributed by atoms with E-state index < -0.39 is 0 Å². The Bertz CT molecular complexity index is 647. The van der Waals surface area contributed by atoms with E-state index in [0.29, 0.717) is 48.5 Å². The fourth-order valence-electron chi connectivity index (χ4n) is 2.14. The molecule has 0 saturated carbocycles. The number of amides is 1. The number of anilines is 1. The quantitative estimate of drug-likeness (QED) is 0.802. The normalized spacial score (nSPS) is 10.1. The van der Waals surface area contributed by atoms with Crippen LogP contribution in [0.2, 0.25) is 0 Å². The number of ether oxygens (including phenoxy) is 3. The van der Waals surface area contributed by atoms with E-state index in [4.69, 9.17) is 14.2 Å². The summed E-state index contributed by atoms with van der Waals surface area (Å²) in [7, 11) is 0. The highest BCUT2D eigenvalue weighted by atomic mass is 16.5. The van der Waals surface area contributed by atoms with Gasteiger partial charge in [-0.1, -0.05) is 6.07 Å². The molecule has 1 N–H and O–H groups in total. The minimum Gasteiger partial charge on any atom is -0.490 e. The number of pyridine rings is 1. The minimum atomic E-state index is -0.293. The summed E-state index contributed by atoms with van der Waals surface area (Å²) < 4.78 is 16.9.